The largest absolute Gasteiger partial charge is 0.349 e. The van der Waals surface area contributed by atoms with E-state index >= 15 is 0 Å². The quantitative estimate of drug-likeness (QED) is 0.185. The Labute approximate surface area is 319 Å². The number of aromatic amines is 3. The van der Waals surface area contributed by atoms with Crippen molar-refractivity contribution in [2.24, 2.45) is 17.8 Å². The van der Waals surface area contributed by atoms with Crippen molar-refractivity contribution in [2.45, 2.75) is 83.1 Å². The van der Waals surface area contributed by atoms with E-state index in [1.807, 2.05) is 33.0 Å². The minimum Gasteiger partial charge on any atom is -0.349 e. The van der Waals surface area contributed by atoms with Crippen LogP contribution >= 0.6 is 28.1 Å². The van der Waals surface area contributed by atoms with Gasteiger partial charge >= 0.3 is 0 Å². The van der Waals surface area contributed by atoms with Crippen molar-refractivity contribution in [2.75, 3.05) is 20.1 Å². The zero-order chi connectivity index (χ0) is 37.6. The molecule has 0 bridgehead atoms. The van der Waals surface area contributed by atoms with Gasteiger partial charge in [-0.1, -0.05) is 58.1 Å². The minimum absolute atomic E-state index is 0.104. The highest BCUT2D eigenvalue weighted by molar-refractivity contribution is 9.10. The van der Waals surface area contributed by atoms with Crippen LogP contribution in [0, 0.1) is 22.4 Å². The van der Waals surface area contributed by atoms with Crippen molar-refractivity contribution in [3.8, 4) is 0 Å². The van der Waals surface area contributed by atoms with E-state index in [-0.39, 0.29) is 23.8 Å². The van der Waals surface area contributed by atoms with E-state index in [4.69, 9.17) is 17.0 Å². The van der Waals surface area contributed by atoms with Crippen molar-refractivity contribution in [3.63, 3.8) is 0 Å². The number of H-pyrrole nitrogens is 3. The molecule has 3 fully saturated rings. The monoisotopic (exact) mass is 805 g/mol. The molecule has 0 radical (unpaired) electrons. The number of piperazine rings is 1. The average molecular weight is 807 g/mol. The van der Waals surface area contributed by atoms with Gasteiger partial charge in [-0.25, -0.2) is 9.97 Å². The maximum Gasteiger partial charge on any atom is 0.281 e. The van der Waals surface area contributed by atoms with E-state index in [1.54, 1.807) is 25.1 Å². The molecule has 5 N–H and O–H groups in total. The predicted octanol–water partition coefficient (Wildman–Crippen LogP) is 4.21. The third-order valence-corrected chi connectivity index (χ3v) is 12.5. The van der Waals surface area contributed by atoms with Crippen molar-refractivity contribution in [1.29, 1.82) is 0 Å². The van der Waals surface area contributed by atoms with E-state index in [0.717, 1.165) is 45.3 Å². The van der Waals surface area contributed by atoms with Crippen LogP contribution in [0.4, 0.5) is 0 Å². The molecular formula is C37H44BrN9O5S. The molecule has 3 amide bonds. The van der Waals surface area contributed by atoms with Crippen LogP contribution in [0.25, 0.3) is 27.6 Å². The molecule has 14 nitrogen and oxygen atoms in total. The number of hydrogen-bond donors (Lipinski definition) is 5. The number of benzene rings is 1. The van der Waals surface area contributed by atoms with Crippen molar-refractivity contribution in [1.82, 2.24) is 44.9 Å². The number of nitrogens with zero attached hydrogens (tertiary/aromatic N) is 5. The molecule has 1 aromatic carbocycles. The number of imidazole rings is 1. The van der Waals surface area contributed by atoms with Crippen molar-refractivity contribution < 1.29 is 24.2 Å². The third-order valence-electron chi connectivity index (χ3n) is 11.5. The fourth-order valence-electron chi connectivity index (χ4n) is 8.93. The number of carbonyl (C=O) groups is 3. The summed E-state index contributed by atoms with van der Waals surface area (Å²) in [4.78, 5) is 64.4. The number of ether oxygens (including phenoxy) is 1. The van der Waals surface area contributed by atoms with Gasteiger partial charge in [-0.2, -0.15) is 0 Å². The highest BCUT2D eigenvalue weighted by Gasteiger charge is 2.72. The number of halogens is 1. The molecule has 0 unspecified atom stereocenters. The predicted molar refractivity (Wildman–Crippen MR) is 203 cm³/mol. The van der Waals surface area contributed by atoms with E-state index in [1.165, 1.54) is 22.2 Å². The van der Waals surface area contributed by atoms with E-state index in [9.17, 15) is 19.5 Å². The Balaban J connectivity index is 0.000000344. The maximum atomic E-state index is 14.4. The van der Waals surface area contributed by atoms with Gasteiger partial charge in [-0.05, 0) is 77.3 Å². The Morgan fingerprint density at radius 2 is 1.96 bits per heavy atom. The van der Waals surface area contributed by atoms with Gasteiger partial charge in [0.1, 0.15) is 17.6 Å². The molecule has 7 heterocycles. The number of fused-ring (bicyclic) bond motifs is 6. The van der Waals surface area contributed by atoms with Crippen LogP contribution in [0.5, 0.6) is 0 Å². The van der Waals surface area contributed by atoms with E-state index < -0.39 is 41.5 Å². The molecule has 1 aliphatic carbocycles. The smallest absolute Gasteiger partial charge is 0.281 e. The number of aromatic nitrogens is 5. The molecule has 4 aliphatic heterocycles. The SMILES string of the molecule is CC(C)C[C@H]1C(=O)N2CCC[C@H]2[C@]2(O)O[C@](NC(=O)[C@@H]3C=C4c5cccc6[nH]c(Br)c(c56)C[C@H]4N(C)C3)(C(C)C)C(=O)N12.S=c1nc[nH]c2nc[nH]c12. The van der Waals surface area contributed by atoms with E-state index in [0.29, 0.717) is 30.6 Å². The molecule has 0 saturated carbocycles. The fourth-order valence-corrected chi connectivity index (χ4v) is 9.71. The lowest BCUT2D eigenvalue weighted by Crippen LogP contribution is -2.71. The number of hydrogen-bond acceptors (Lipinski definition) is 9. The Morgan fingerprint density at radius 1 is 1.19 bits per heavy atom. The highest BCUT2D eigenvalue weighted by Crippen LogP contribution is 2.49. The summed E-state index contributed by atoms with van der Waals surface area (Å²) in [5.74, 6) is -4.01. The first-order chi connectivity index (χ1) is 25.2. The molecule has 3 saturated heterocycles. The lowest BCUT2D eigenvalue weighted by atomic mass is 9.79. The Kier molecular flexibility index (Phi) is 8.92. The number of rotatable bonds is 5. The first-order valence-corrected chi connectivity index (χ1v) is 19.4. The normalized spacial score (nSPS) is 29.3. The lowest BCUT2D eigenvalue weighted by molar-refractivity contribution is -0.322. The second-order valence-electron chi connectivity index (χ2n) is 15.5. The third kappa shape index (κ3) is 5.58. The Bertz CT molecular complexity index is 2230. The summed E-state index contributed by atoms with van der Waals surface area (Å²) >= 11 is 8.60. The van der Waals surface area contributed by atoms with Crippen LogP contribution in [0.1, 0.15) is 58.1 Å². The Morgan fingerprint density at radius 3 is 2.70 bits per heavy atom. The van der Waals surface area contributed by atoms with Crippen LogP contribution in [0.2, 0.25) is 0 Å². The second-order valence-corrected chi connectivity index (χ2v) is 16.7. The van der Waals surface area contributed by atoms with Crippen LogP contribution in [0.15, 0.2) is 41.5 Å². The standard InChI is InChI=1S/C32H40BrN5O5.C5H4N4S/c1-16(2)12-24-29(40)37-11-7-10-25(37)32(42)38(24)30(41)31(43-32,17(3)4)35-28(39)18-13-20-19-8-6-9-22-26(19)21(27(33)34-22)14-23(20)36(5)15-18;10-5-3-4(7-1-6-3)8-2-9-5/h6,8-9,13,16-18,23-25,34,42H,7,10-12,14-15H2,1-5H3,(H,35,39);1-2H,(H2,6,7,8,9,10)/t18-,23-,24+,25+,31-,32+;/m1./s1. The molecule has 5 aliphatic rings. The Hall–Kier alpha value is -3.96. The summed E-state index contributed by atoms with van der Waals surface area (Å²) in [6.45, 7) is 8.57. The number of nitrogens with one attached hydrogen (secondary N) is 4. The summed E-state index contributed by atoms with van der Waals surface area (Å²) in [6, 6.07) is 4.76. The summed E-state index contributed by atoms with van der Waals surface area (Å²) < 4.78 is 7.98. The summed E-state index contributed by atoms with van der Waals surface area (Å²) in [5.41, 5.74) is 4.22. The molecule has 9 rings (SSSR count). The molecule has 3 aromatic heterocycles. The van der Waals surface area contributed by atoms with Crippen LogP contribution in [-0.2, 0) is 25.5 Å². The van der Waals surface area contributed by atoms with Gasteiger partial charge in [0.2, 0.25) is 17.5 Å². The minimum atomic E-state index is -2.01. The first-order valence-electron chi connectivity index (χ1n) is 18.2. The second kappa shape index (κ2) is 13.1. The fraction of sp³-hybridized carbons (Fsp3) is 0.514. The summed E-state index contributed by atoms with van der Waals surface area (Å²) in [5, 5.41) is 16.3. The van der Waals surface area contributed by atoms with Gasteiger partial charge in [0, 0.05) is 36.0 Å². The molecule has 16 heteroatoms. The molecule has 280 valence electrons. The average Bonchev–Trinajstić information content (AvgIpc) is 3.91. The summed E-state index contributed by atoms with van der Waals surface area (Å²) in [7, 11) is 2.03. The number of carbonyl (C=O) groups excluding carboxylic acids is 3. The zero-order valence-corrected chi connectivity index (χ0v) is 32.7. The van der Waals surface area contributed by atoms with Gasteiger partial charge in [-0.3, -0.25) is 28.9 Å². The van der Waals surface area contributed by atoms with Gasteiger partial charge in [-0.15, -0.1) is 0 Å². The zero-order valence-electron chi connectivity index (χ0n) is 30.3. The van der Waals surface area contributed by atoms with E-state index in [2.05, 4.69) is 63.2 Å². The van der Waals surface area contributed by atoms with Crippen LogP contribution in [-0.4, -0.2) is 112 Å². The van der Waals surface area contributed by atoms with Gasteiger partial charge < -0.3 is 30.3 Å². The van der Waals surface area contributed by atoms with Crippen molar-refractivity contribution >= 4 is 73.5 Å². The lowest BCUT2D eigenvalue weighted by Gasteiger charge is -2.49. The summed E-state index contributed by atoms with van der Waals surface area (Å²) in [6.07, 6.45) is 7.60. The first kappa shape index (κ1) is 36.0. The van der Waals surface area contributed by atoms with Crippen molar-refractivity contribution in [3.05, 3.63) is 57.3 Å². The molecule has 0 spiro atoms. The van der Waals surface area contributed by atoms with Gasteiger partial charge in [0.15, 0.2) is 10.3 Å². The van der Waals surface area contributed by atoms with Crippen LogP contribution in [0.3, 0.4) is 0 Å². The molecule has 53 heavy (non-hydrogen) atoms. The number of likely N-dealkylation sites (N-methyl/N-ethyl adjacent to an activating group) is 1. The van der Waals surface area contributed by atoms with Crippen LogP contribution < -0.4 is 5.32 Å². The molecule has 6 atom stereocenters. The van der Waals surface area contributed by atoms with Gasteiger partial charge in [0.25, 0.3) is 11.8 Å². The number of aliphatic hydroxyl groups is 1. The van der Waals surface area contributed by atoms with Gasteiger partial charge in [0.05, 0.1) is 23.2 Å². The molecule has 4 aromatic rings. The highest BCUT2D eigenvalue weighted by atomic mass is 79.9. The number of amides is 3. The topological polar surface area (TPSA) is 176 Å². The maximum absolute atomic E-state index is 14.4. The molecular weight excluding hydrogens is 762 g/mol.